The predicted molar refractivity (Wildman–Crippen MR) is 77.3 cm³/mol. The van der Waals surface area contributed by atoms with E-state index in [9.17, 15) is 9.59 Å². The van der Waals surface area contributed by atoms with Crippen LogP contribution in [-0.2, 0) is 17.8 Å². The van der Waals surface area contributed by atoms with Crippen molar-refractivity contribution in [3.8, 4) is 0 Å². The second-order valence-electron chi connectivity index (χ2n) is 4.79. The number of carbonyl (C=O) groups is 2. The molecule has 21 heavy (non-hydrogen) atoms. The molecule has 2 aromatic rings. The molecular formula is C13H16N4O3S. The molecular weight excluding hydrogens is 292 g/mol. The number of hydrogen-bond acceptors (Lipinski definition) is 5. The molecule has 0 bridgehead atoms. The Labute approximate surface area is 125 Å². The second-order valence-corrected chi connectivity index (χ2v) is 6.16. The predicted octanol–water partition coefficient (Wildman–Crippen LogP) is 1.09. The van der Waals surface area contributed by atoms with Gasteiger partial charge in [0.15, 0.2) is 5.69 Å². The normalized spacial score (nSPS) is 12.1. The summed E-state index contributed by atoms with van der Waals surface area (Å²) in [6.07, 6.45) is 2.07. The van der Waals surface area contributed by atoms with Crippen LogP contribution in [0, 0.1) is 6.92 Å². The van der Waals surface area contributed by atoms with Crippen molar-refractivity contribution in [2.45, 2.75) is 32.9 Å². The van der Waals surface area contributed by atoms with E-state index in [-0.39, 0.29) is 24.2 Å². The van der Waals surface area contributed by atoms with Crippen LogP contribution in [0.15, 0.2) is 18.3 Å². The number of nitrogens with zero attached hydrogens (tertiary/aromatic N) is 3. The molecule has 7 nitrogen and oxygen atoms in total. The first-order valence-electron chi connectivity index (χ1n) is 6.42. The fourth-order valence-electron chi connectivity index (χ4n) is 1.86. The van der Waals surface area contributed by atoms with Gasteiger partial charge in [0, 0.05) is 22.2 Å². The lowest BCUT2D eigenvalue weighted by Crippen LogP contribution is -2.34. The van der Waals surface area contributed by atoms with E-state index in [2.05, 4.69) is 15.6 Å². The number of carboxylic acid groups (broad SMARTS) is 1. The van der Waals surface area contributed by atoms with Gasteiger partial charge in [-0.1, -0.05) is 5.21 Å². The SMILES string of the molecule is Cc1ccc(CC(C)NC(=O)c2cn(CC(=O)O)nn2)s1. The Morgan fingerprint density at radius 1 is 1.48 bits per heavy atom. The molecule has 1 unspecified atom stereocenters. The first-order chi connectivity index (χ1) is 9.94. The average Bonchev–Trinajstić information content (AvgIpc) is 2.98. The summed E-state index contributed by atoms with van der Waals surface area (Å²) in [4.78, 5) is 25.0. The maximum absolute atomic E-state index is 12.0. The van der Waals surface area contributed by atoms with Gasteiger partial charge in [0.05, 0.1) is 6.20 Å². The van der Waals surface area contributed by atoms with Gasteiger partial charge in [-0.2, -0.15) is 0 Å². The molecule has 2 N–H and O–H groups in total. The van der Waals surface area contributed by atoms with Gasteiger partial charge in [0.2, 0.25) is 0 Å². The van der Waals surface area contributed by atoms with Crippen LogP contribution in [0.4, 0.5) is 0 Å². The number of carbonyl (C=O) groups excluding carboxylic acids is 1. The highest BCUT2D eigenvalue weighted by Crippen LogP contribution is 2.16. The van der Waals surface area contributed by atoms with Crippen molar-refractivity contribution < 1.29 is 14.7 Å². The Morgan fingerprint density at radius 3 is 2.86 bits per heavy atom. The zero-order chi connectivity index (χ0) is 15.4. The summed E-state index contributed by atoms with van der Waals surface area (Å²) in [6, 6.07) is 4.05. The number of aryl methyl sites for hydroxylation is 1. The fraction of sp³-hybridized carbons (Fsp3) is 0.385. The lowest BCUT2D eigenvalue weighted by atomic mass is 10.2. The van der Waals surface area contributed by atoms with Gasteiger partial charge in [-0.05, 0) is 26.0 Å². The maximum atomic E-state index is 12.0. The number of carboxylic acids is 1. The van der Waals surface area contributed by atoms with E-state index in [0.717, 1.165) is 11.1 Å². The number of aliphatic carboxylic acids is 1. The number of thiophene rings is 1. The van der Waals surface area contributed by atoms with Crippen LogP contribution >= 0.6 is 11.3 Å². The number of nitrogens with one attached hydrogen (secondary N) is 1. The van der Waals surface area contributed by atoms with E-state index >= 15 is 0 Å². The zero-order valence-electron chi connectivity index (χ0n) is 11.7. The third-order valence-corrected chi connectivity index (χ3v) is 3.77. The van der Waals surface area contributed by atoms with E-state index in [1.807, 2.05) is 26.0 Å². The van der Waals surface area contributed by atoms with Crippen LogP contribution in [0.5, 0.6) is 0 Å². The highest BCUT2D eigenvalue weighted by molar-refractivity contribution is 7.11. The number of hydrogen-bond donors (Lipinski definition) is 2. The van der Waals surface area contributed by atoms with E-state index in [1.54, 1.807) is 11.3 Å². The van der Waals surface area contributed by atoms with Crippen molar-refractivity contribution in [3.05, 3.63) is 33.8 Å². The molecule has 0 aliphatic rings. The van der Waals surface area contributed by atoms with Crippen molar-refractivity contribution in [3.63, 3.8) is 0 Å². The molecule has 0 aliphatic heterocycles. The smallest absolute Gasteiger partial charge is 0.325 e. The fourth-order valence-corrected chi connectivity index (χ4v) is 2.88. The largest absolute Gasteiger partial charge is 0.480 e. The highest BCUT2D eigenvalue weighted by Gasteiger charge is 2.15. The second kappa shape index (κ2) is 6.49. The Hall–Kier alpha value is -2.22. The molecule has 112 valence electrons. The minimum absolute atomic E-state index is 0.0415. The molecule has 0 aliphatic carbocycles. The minimum Gasteiger partial charge on any atom is -0.480 e. The van der Waals surface area contributed by atoms with Crippen LogP contribution in [-0.4, -0.2) is 38.0 Å². The number of aromatic nitrogens is 3. The monoisotopic (exact) mass is 308 g/mol. The number of rotatable bonds is 6. The van der Waals surface area contributed by atoms with E-state index < -0.39 is 5.97 Å². The molecule has 0 radical (unpaired) electrons. The summed E-state index contributed by atoms with van der Waals surface area (Å²) in [7, 11) is 0. The molecule has 1 atom stereocenters. The molecule has 2 rings (SSSR count). The van der Waals surface area contributed by atoms with Crippen LogP contribution < -0.4 is 5.32 Å². The Morgan fingerprint density at radius 2 is 2.24 bits per heavy atom. The molecule has 2 aromatic heterocycles. The maximum Gasteiger partial charge on any atom is 0.325 e. The van der Waals surface area contributed by atoms with Crippen LogP contribution in [0.1, 0.15) is 27.2 Å². The summed E-state index contributed by atoms with van der Waals surface area (Å²) >= 11 is 1.70. The van der Waals surface area contributed by atoms with E-state index in [4.69, 9.17) is 5.11 Å². The van der Waals surface area contributed by atoms with Crippen molar-refractivity contribution in [2.24, 2.45) is 0 Å². The molecule has 0 spiro atoms. The Bertz CT molecular complexity index is 649. The summed E-state index contributed by atoms with van der Waals surface area (Å²) in [5.41, 5.74) is 0.116. The van der Waals surface area contributed by atoms with Gasteiger partial charge in [-0.3, -0.25) is 9.59 Å². The molecule has 0 saturated heterocycles. The summed E-state index contributed by atoms with van der Waals surface area (Å²) < 4.78 is 1.12. The first kappa shape index (κ1) is 15.2. The Balaban J connectivity index is 1.91. The lowest BCUT2D eigenvalue weighted by molar-refractivity contribution is -0.137. The topological polar surface area (TPSA) is 97.1 Å². The van der Waals surface area contributed by atoms with Gasteiger partial charge in [0.1, 0.15) is 6.54 Å². The highest BCUT2D eigenvalue weighted by atomic mass is 32.1. The lowest BCUT2D eigenvalue weighted by Gasteiger charge is -2.11. The summed E-state index contributed by atoms with van der Waals surface area (Å²) in [6.45, 7) is 3.64. The first-order valence-corrected chi connectivity index (χ1v) is 7.24. The van der Waals surface area contributed by atoms with Crippen LogP contribution in [0.3, 0.4) is 0 Å². The molecule has 0 aromatic carbocycles. The molecule has 0 fully saturated rings. The van der Waals surface area contributed by atoms with Crippen LogP contribution in [0.2, 0.25) is 0 Å². The van der Waals surface area contributed by atoms with Crippen molar-refractivity contribution in [1.82, 2.24) is 20.3 Å². The van der Waals surface area contributed by atoms with Gasteiger partial charge >= 0.3 is 5.97 Å². The van der Waals surface area contributed by atoms with Crippen molar-refractivity contribution in [1.29, 1.82) is 0 Å². The number of amides is 1. The third kappa shape index (κ3) is 4.38. The van der Waals surface area contributed by atoms with Crippen molar-refractivity contribution in [2.75, 3.05) is 0 Å². The van der Waals surface area contributed by atoms with E-state index in [0.29, 0.717) is 0 Å². The summed E-state index contributed by atoms with van der Waals surface area (Å²) in [5.74, 6) is -1.39. The van der Waals surface area contributed by atoms with Gasteiger partial charge in [-0.15, -0.1) is 16.4 Å². The standard InChI is InChI=1S/C13H16N4O3S/c1-8(5-10-4-3-9(2)21-10)14-13(20)11-6-17(16-15-11)7-12(18)19/h3-4,6,8H,5,7H2,1-2H3,(H,14,20)(H,18,19). The molecule has 1 amide bonds. The van der Waals surface area contributed by atoms with Gasteiger partial charge in [-0.25, -0.2) is 4.68 Å². The molecule has 8 heteroatoms. The van der Waals surface area contributed by atoms with Gasteiger partial charge in [0.25, 0.3) is 5.91 Å². The minimum atomic E-state index is -1.03. The summed E-state index contributed by atoms with van der Waals surface area (Å²) in [5, 5.41) is 18.7. The van der Waals surface area contributed by atoms with Gasteiger partial charge < -0.3 is 10.4 Å². The quantitative estimate of drug-likeness (QED) is 0.832. The molecule has 0 saturated carbocycles. The Kier molecular flexibility index (Phi) is 4.69. The van der Waals surface area contributed by atoms with Crippen LogP contribution in [0.25, 0.3) is 0 Å². The molecule has 2 heterocycles. The average molecular weight is 308 g/mol. The third-order valence-electron chi connectivity index (χ3n) is 2.75. The van der Waals surface area contributed by atoms with E-state index in [1.165, 1.54) is 16.0 Å². The van der Waals surface area contributed by atoms with Crippen molar-refractivity contribution >= 4 is 23.2 Å². The zero-order valence-corrected chi connectivity index (χ0v) is 12.6.